The van der Waals surface area contributed by atoms with Crippen LogP contribution >= 0.6 is 0 Å². The van der Waals surface area contributed by atoms with E-state index in [1.165, 1.54) is 29.4 Å². The van der Waals surface area contributed by atoms with Gasteiger partial charge in [-0.05, 0) is 278 Å². The largest absolute Gasteiger partial charge is 0.269 e. The number of nitrogens with zero attached hydrogens (tertiary/aromatic N) is 8. The average Bonchev–Trinajstić information content (AvgIpc) is 1.57. The van der Waals surface area contributed by atoms with Gasteiger partial charge in [0.15, 0.2) is 0 Å². The molecule has 24 nitrogen and oxygen atoms in total. The summed E-state index contributed by atoms with van der Waals surface area (Å²) in [5, 5.41) is 0. The molecule has 0 N–H and O–H groups in total. The molecule has 11 aromatic rings. The monoisotopic (exact) mass is 1810 g/mol. The predicted molar refractivity (Wildman–Crippen MR) is 517 cm³/mol. The number of benzene rings is 11. The summed E-state index contributed by atoms with van der Waals surface area (Å²) in [4.78, 5) is 221. The van der Waals surface area contributed by atoms with E-state index in [1.807, 2.05) is 104 Å². The number of amides is 16. The molecule has 0 spiro atoms. The predicted octanol–water partition coefficient (Wildman–Crippen LogP) is 20.4. The topological polar surface area (TPSA) is 299 Å². The second-order valence-corrected chi connectivity index (χ2v) is 40.2. The molecule has 2 unspecified atom stereocenters. The Morgan fingerprint density at radius 3 is 0.537 bits per heavy atom. The van der Waals surface area contributed by atoms with Crippen molar-refractivity contribution in [3.63, 3.8) is 0 Å². The van der Waals surface area contributed by atoms with Crippen molar-refractivity contribution < 1.29 is 76.7 Å². The van der Waals surface area contributed by atoms with Gasteiger partial charge in [0.25, 0.3) is 94.5 Å². The van der Waals surface area contributed by atoms with E-state index in [-0.39, 0.29) is 92.5 Å². The van der Waals surface area contributed by atoms with Crippen molar-refractivity contribution in [2.75, 3.05) is 29.4 Å². The summed E-state index contributed by atoms with van der Waals surface area (Å²) < 4.78 is 0. The first-order chi connectivity index (χ1) is 64.1. The lowest BCUT2D eigenvalue weighted by molar-refractivity contribution is 0.0291. The average molecular weight is 1820 g/mol. The van der Waals surface area contributed by atoms with Crippen molar-refractivity contribution in [1.82, 2.24) is 9.80 Å². The third-order valence-corrected chi connectivity index (χ3v) is 28.0. The number of carbonyl (C=O) groups excluding carboxylic acids is 16. The highest BCUT2D eigenvalue weighted by Crippen LogP contribution is 2.49. The maximum atomic E-state index is 13.7. The van der Waals surface area contributed by atoms with Crippen LogP contribution in [0.5, 0.6) is 0 Å². The quantitative estimate of drug-likeness (QED) is 0.128. The Labute approximate surface area is 787 Å². The van der Waals surface area contributed by atoms with Gasteiger partial charge in [-0.25, -0.2) is 29.4 Å². The molecule has 1 fully saturated rings. The second-order valence-electron chi connectivity index (χ2n) is 40.2. The van der Waals surface area contributed by atoms with E-state index in [4.69, 9.17) is 0 Å². The second kappa shape index (κ2) is 33.3. The van der Waals surface area contributed by atoms with E-state index in [0.717, 1.165) is 44.9 Å². The molecular formula is C112H102N8O16. The Balaban J connectivity index is 0.000000127. The minimum atomic E-state index is -0.534. The zero-order valence-corrected chi connectivity index (χ0v) is 79.6. The Hall–Kier alpha value is -15.5. The number of hydrogen-bond acceptors (Lipinski definition) is 16. The highest BCUT2D eigenvalue weighted by Gasteiger charge is 2.52. The maximum Gasteiger partial charge on any atom is 0.266 e. The Morgan fingerprint density at radius 2 is 0.346 bits per heavy atom. The van der Waals surface area contributed by atoms with Gasteiger partial charge in [0.2, 0.25) is 0 Å². The molecule has 1 aliphatic carbocycles. The fourth-order valence-corrected chi connectivity index (χ4v) is 19.8. The zero-order valence-electron chi connectivity index (χ0n) is 79.6. The summed E-state index contributed by atoms with van der Waals surface area (Å²) in [5.74, 6) is -5.85. The summed E-state index contributed by atoms with van der Waals surface area (Å²) in [7, 11) is 0. The normalized spacial score (nSPS) is 17.1. The molecule has 11 aromatic carbocycles. The fraction of sp³-hybridized carbons (Fsp3) is 0.268. The minimum absolute atomic E-state index is 0.161. The molecule has 2 atom stereocenters. The molecule has 16 amide bonds. The van der Waals surface area contributed by atoms with Crippen LogP contribution in [0.1, 0.15) is 341 Å². The summed E-state index contributed by atoms with van der Waals surface area (Å²) in [6.07, 6.45) is 2.81. The smallest absolute Gasteiger partial charge is 0.266 e. The lowest BCUT2D eigenvalue weighted by atomic mass is 9.85. The van der Waals surface area contributed by atoms with Crippen molar-refractivity contribution in [1.29, 1.82) is 0 Å². The van der Waals surface area contributed by atoms with Gasteiger partial charge >= 0.3 is 0 Å². The minimum Gasteiger partial charge on any atom is -0.269 e. The Kier molecular flexibility index (Phi) is 22.6. The van der Waals surface area contributed by atoms with Crippen LogP contribution in [0.2, 0.25) is 0 Å². The molecule has 1 saturated carbocycles. The lowest BCUT2D eigenvalue weighted by Crippen LogP contribution is -2.56. The summed E-state index contributed by atoms with van der Waals surface area (Å²) in [6, 6.07) is 53.8. The van der Waals surface area contributed by atoms with Crippen LogP contribution < -0.4 is 29.4 Å². The molecule has 8 aliphatic heterocycles. The number of carbonyl (C=O) groups is 16. The highest BCUT2D eigenvalue weighted by molar-refractivity contribution is 6.40. The van der Waals surface area contributed by atoms with Gasteiger partial charge in [0.1, 0.15) is 0 Å². The van der Waals surface area contributed by atoms with Crippen molar-refractivity contribution in [2.24, 2.45) is 0 Å². The van der Waals surface area contributed by atoms with E-state index >= 15 is 0 Å². The Morgan fingerprint density at radius 1 is 0.191 bits per heavy atom. The van der Waals surface area contributed by atoms with Crippen molar-refractivity contribution in [3.05, 3.63) is 350 Å². The van der Waals surface area contributed by atoms with Gasteiger partial charge in [-0.15, -0.1) is 0 Å². The third-order valence-electron chi connectivity index (χ3n) is 28.0. The maximum absolute atomic E-state index is 13.7. The standard InChI is InChI=1S/C34H36N2O4.C30H34N2O4.C26H20N2O4.C22H12N2O4/c1-17-18(2)28(36-30(38)24-14-12-22(34(8,9)10)16-26(24)32(36)40)20(4)19(3)27(17)35-29(37)23-13-11-21(33(5,6)7)15-25(23)31(35)39;1-29(2,3)17-11-13-19-21(15-17)27(35)31(25(19)33)23-9-7-8-10-24(23)32-26(34)20-14-12-18(30(4,5)6)16-22(20)28(32)36;1-13-14(2)22(28-25(31)19-11-7-8-12-20(19)26(28)32)16(4)15(3)21(13)27-23(29)17-9-5-6-10-18(17)24(27)30;25-19-15-5-1-2-6-16(15)20(26)23(19)13-9-11-14(12-10-13)24-21(27)17-7-3-4-8-18(17)22(24)28/h11-16H,1-10H3;11-16,23-24H,7-10H2,1-6H3;5-12H,1-4H3;1-12H. The van der Waals surface area contributed by atoms with E-state index < -0.39 is 35.7 Å². The van der Waals surface area contributed by atoms with Crippen LogP contribution in [-0.4, -0.2) is 116 Å². The van der Waals surface area contributed by atoms with Gasteiger partial charge in [0.05, 0.1) is 135 Å². The van der Waals surface area contributed by atoms with Crippen molar-refractivity contribution >= 4 is 129 Å². The van der Waals surface area contributed by atoms with Crippen LogP contribution in [0, 0.1) is 55.4 Å². The first-order valence-electron chi connectivity index (χ1n) is 45.4. The van der Waals surface area contributed by atoms with Crippen LogP contribution in [0.15, 0.2) is 194 Å². The molecule has 0 radical (unpaired) electrons. The fourth-order valence-electron chi connectivity index (χ4n) is 19.8. The zero-order chi connectivity index (χ0) is 98.1. The molecule has 686 valence electrons. The molecule has 0 bridgehead atoms. The van der Waals surface area contributed by atoms with Gasteiger partial charge in [-0.1, -0.05) is 169 Å². The molecule has 20 rings (SSSR count). The Bertz CT molecular complexity index is 6680. The van der Waals surface area contributed by atoms with Crippen molar-refractivity contribution in [2.45, 2.75) is 198 Å². The van der Waals surface area contributed by atoms with E-state index in [9.17, 15) is 76.7 Å². The number of rotatable bonds is 8. The third kappa shape index (κ3) is 14.7. The van der Waals surface area contributed by atoms with Crippen LogP contribution in [-0.2, 0) is 21.7 Å². The first-order valence-corrected chi connectivity index (χ1v) is 45.4. The van der Waals surface area contributed by atoms with E-state index in [1.54, 1.807) is 146 Å². The van der Waals surface area contributed by atoms with Crippen LogP contribution in [0.25, 0.3) is 0 Å². The number of imide groups is 8. The molecule has 9 aliphatic rings. The molecular weight excluding hydrogens is 1710 g/mol. The molecule has 0 saturated heterocycles. The van der Waals surface area contributed by atoms with Gasteiger partial charge in [-0.3, -0.25) is 86.5 Å². The first kappa shape index (κ1) is 92.4. The highest BCUT2D eigenvalue weighted by atomic mass is 16.2. The van der Waals surface area contributed by atoms with E-state index in [2.05, 4.69) is 83.1 Å². The molecule has 0 aromatic heterocycles. The van der Waals surface area contributed by atoms with Gasteiger partial charge in [-0.2, -0.15) is 0 Å². The molecule has 136 heavy (non-hydrogen) atoms. The molecule has 24 heteroatoms. The van der Waals surface area contributed by atoms with Gasteiger partial charge < -0.3 is 0 Å². The summed E-state index contributed by atoms with van der Waals surface area (Å²) >= 11 is 0. The number of anilines is 6. The number of fused-ring (bicyclic) bond motifs is 8. The molecule has 8 heterocycles. The number of hydrogen-bond donors (Lipinski definition) is 0. The van der Waals surface area contributed by atoms with Crippen molar-refractivity contribution in [3.8, 4) is 0 Å². The van der Waals surface area contributed by atoms with Crippen LogP contribution in [0.4, 0.5) is 34.1 Å². The van der Waals surface area contributed by atoms with Gasteiger partial charge in [0, 0.05) is 0 Å². The van der Waals surface area contributed by atoms with Crippen LogP contribution in [0.3, 0.4) is 0 Å². The SMILES string of the molecule is CC(C)(C)c1ccc2c(c1)C(=O)N(C1CCCCC1N1C(=O)c3ccc(C(C)(C)C)cc3C1=O)C2=O.Cc1c(C)c(N2C(=O)c3ccc(C(C)(C)C)cc3C2=O)c(C)c(C)c1N1C(=O)c2ccc(C(C)(C)C)cc2C1=O.Cc1c(C)c(N2C(=O)c3ccccc3C2=O)c(C)c(C)c1N1C(=O)c2ccccc2C1=O.O=C1c2ccccc2C(=O)N1c1ccc(N2C(=O)c3ccccc3C2=O)cc1. The summed E-state index contributed by atoms with van der Waals surface area (Å²) in [5.41, 5.74) is 17.5. The lowest BCUT2D eigenvalue weighted by Gasteiger charge is -2.40. The van der Waals surface area contributed by atoms with E-state index in [0.29, 0.717) is 180 Å². The summed E-state index contributed by atoms with van der Waals surface area (Å²) in [6.45, 7) is 39.4.